The smallest absolute Gasteiger partial charge is 0.0624 e. The molecule has 0 radical (unpaired) electrons. The molecular formula is C96H168N12S12. The summed E-state index contributed by atoms with van der Waals surface area (Å²) in [6.07, 6.45) is 73.3. The summed E-state index contributed by atoms with van der Waals surface area (Å²) in [4.78, 5) is 0. The highest BCUT2D eigenvalue weighted by atomic mass is 33.1. The van der Waals surface area contributed by atoms with Gasteiger partial charge in [0.2, 0.25) is 0 Å². The molecule has 56 aliphatic heterocycles. The van der Waals surface area contributed by atoms with Gasteiger partial charge in [-0.3, -0.25) is 63.8 Å². The topological polar surface area (TPSA) is 144 Å². The van der Waals surface area contributed by atoms with Crippen LogP contribution in [0.4, 0.5) is 0 Å². The molecular weight excluding hydrogens is 1710 g/mol. The zero-order chi connectivity index (χ0) is 80.2. The molecule has 0 aromatic heterocycles. The Balaban J connectivity index is 0.561. The van der Waals surface area contributed by atoms with Gasteiger partial charge in [0.1, 0.15) is 0 Å². The second kappa shape index (κ2) is 47.5. The fraction of sp³-hybridized carbons (Fsp3) is 1.00. The summed E-state index contributed by atoms with van der Waals surface area (Å²) in [5, 5.41) is 53.3. The standard InChI is InChI=1S/C96H168N12S12/c1-25-73-26-2-61(1)49-109-110-50-62-3-31-76(32-4-62)88-100-89-77-33-9-67(10-34-77)55-115-117-57-69-17-41-81(42-18-69)93-103-91-79-37-13-65(14-38-79)53-113-111-51-63-5-27-74(28-6-63)86-97-85(73)98-87(99-86)75-29-7-64(8-30-75)52-112-114-54-66-15-39-80(40-16-66)92-104-94(82-43-19-70(20-44-82)58-118-116-56-68-11-35-78(36-12-68)90(101-88)102-89)108-96(106-92)84-47-23-72(24-48-84)60-120-119-59-71-21-45-83(46-22-71)95(105-91)107-93/h61-108H,1-60H2. The van der Waals surface area contributed by atoms with Gasteiger partial charge in [0.25, 0.3) is 0 Å². The van der Waals surface area contributed by atoms with E-state index >= 15 is 0 Å². The lowest BCUT2D eigenvalue weighted by Crippen LogP contribution is -2.72. The molecule has 0 amide bonds. The molecule has 0 aromatic rings. The first-order chi connectivity index (χ1) is 59.3. The minimum absolute atomic E-state index is 0.452. The maximum absolute atomic E-state index is 4.45. The Hall–Kier alpha value is 3.72. The van der Waals surface area contributed by atoms with Crippen molar-refractivity contribution in [3.63, 3.8) is 0 Å². The minimum Gasteiger partial charge on any atom is -0.286 e. The molecule has 12 saturated carbocycles. The number of nitrogens with one attached hydrogen (secondary N) is 12. The first-order valence-corrected chi connectivity index (χ1v) is 66.8. The first kappa shape index (κ1) is 92.8. The highest BCUT2D eigenvalue weighted by molar-refractivity contribution is 8.78. The van der Waals surface area contributed by atoms with Gasteiger partial charge in [0, 0.05) is 69.0 Å². The zero-order valence-electron chi connectivity index (χ0n) is 74.1. The van der Waals surface area contributed by atoms with Crippen LogP contribution in [0.3, 0.4) is 0 Å². The second-order valence-electron chi connectivity index (χ2n) is 44.5. The van der Waals surface area contributed by atoms with Gasteiger partial charge in [-0.1, -0.05) is 130 Å². The Morgan fingerprint density at radius 3 is 0.225 bits per heavy atom. The highest BCUT2D eigenvalue weighted by Crippen LogP contribution is 2.50. The van der Waals surface area contributed by atoms with Crippen molar-refractivity contribution in [1.29, 1.82) is 0 Å². The average Bonchev–Trinajstić information content (AvgIpc) is 0.811. The van der Waals surface area contributed by atoms with E-state index in [0.717, 1.165) is 142 Å². The quantitative estimate of drug-likeness (QED) is 0.104. The number of hydrogen-bond acceptors (Lipinski definition) is 24. The van der Waals surface area contributed by atoms with Crippen LogP contribution in [0.15, 0.2) is 0 Å². The van der Waals surface area contributed by atoms with Crippen molar-refractivity contribution in [3.05, 3.63) is 0 Å². The molecule has 12 nitrogen and oxygen atoms in total. The van der Waals surface area contributed by atoms with Crippen molar-refractivity contribution in [2.24, 2.45) is 142 Å². The maximum atomic E-state index is 4.45. The van der Waals surface area contributed by atoms with Crippen molar-refractivity contribution in [2.75, 3.05) is 69.0 Å². The highest BCUT2D eigenvalue weighted by Gasteiger charge is 2.48. The summed E-state index contributed by atoms with van der Waals surface area (Å²) in [5.41, 5.74) is 0. The number of rotatable bonds is 0. The molecule has 56 heterocycles. The van der Waals surface area contributed by atoms with Crippen LogP contribution >= 0.6 is 130 Å². The van der Waals surface area contributed by atoms with E-state index in [9.17, 15) is 0 Å². The molecule has 12 N–H and O–H groups in total. The Labute approximate surface area is 779 Å². The third kappa shape index (κ3) is 25.9. The zero-order valence-corrected chi connectivity index (χ0v) is 83.9. The SMILES string of the molecule is C1CC2CCC1CSSCC1CCC(CC1)C1NC3NC(N1)C1CCC(CC1)CSSCC1CCC(CC1)C1NC4NC(N1)C1CCC(CC1)CSSCC1CCC(CC1)C1NC(NC(N1)C1CCC(CC1)CSSCC1CCC3CC1)C1CCC(CC1)CSSCC1CCC(CC1)C1NC2NC(N1)C1CCC(CC1)CSSCC1CCC4CC1. The van der Waals surface area contributed by atoms with Gasteiger partial charge in [-0.2, -0.15) is 0 Å². The predicted octanol–water partition coefficient (Wildman–Crippen LogP) is 23.0. The van der Waals surface area contributed by atoms with E-state index in [0.29, 0.717) is 74.0 Å². The van der Waals surface area contributed by atoms with Gasteiger partial charge in [-0.05, 0) is 450 Å². The van der Waals surface area contributed by atoms with Crippen LogP contribution in [0.25, 0.3) is 0 Å². The third-order valence-electron chi connectivity index (χ3n) is 36.8. The van der Waals surface area contributed by atoms with Crippen LogP contribution in [0, 0.1) is 142 Å². The Morgan fingerprint density at radius 2 is 0.158 bits per heavy atom. The van der Waals surface area contributed by atoms with Crippen LogP contribution in [-0.4, -0.2) is 143 Å². The molecule has 56 saturated heterocycles. The fourth-order valence-electron chi connectivity index (χ4n) is 28.2. The molecule has 68 fully saturated rings. The molecule has 0 atom stereocenters. The molecule has 68 aliphatic rings. The van der Waals surface area contributed by atoms with Crippen LogP contribution in [-0.2, 0) is 0 Å². The Kier molecular flexibility index (Phi) is 36.7. The van der Waals surface area contributed by atoms with Gasteiger partial charge < -0.3 is 0 Å². The second-order valence-corrected chi connectivity index (χ2v) is 59.8. The minimum atomic E-state index is 0.452. The van der Waals surface area contributed by atoms with Crippen molar-refractivity contribution >= 4 is 130 Å². The number of hydrogen-bond donors (Lipinski definition) is 12. The normalized spacial score (nSPS) is 49.2. The molecule has 0 spiro atoms. The van der Waals surface area contributed by atoms with E-state index in [1.165, 1.54) is 377 Å². The summed E-state index contributed by atoms with van der Waals surface area (Å²) in [7, 11) is 27.3. The van der Waals surface area contributed by atoms with E-state index in [1.807, 2.05) is 0 Å². The maximum Gasteiger partial charge on any atom is 0.0624 e. The molecule has 36 bridgehead atoms. The lowest BCUT2D eigenvalue weighted by atomic mass is 9.77. The van der Waals surface area contributed by atoms with Crippen LogP contribution in [0.5, 0.6) is 0 Å². The predicted molar refractivity (Wildman–Crippen MR) is 538 cm³/mol. The van der Waals surface area contributed by atoms with E-state index in [2.05, 4.69) is 193 Å². The summed E-state index contributed by atoms with van der Waals surface area (Å²) in [6, 6.07) is 0. The first-order valence-electron chi connectivity index (χ1n) is 51.9. The Bertz CT molecular complexity index is 2210. The van der Waals surface area contributed by atoms with Gasteiger partial charge in [0.05, 0.1) is 74.0 Å². The summed E-state index contributed by atoms with van der Waals surface area (Å²) >= 11 is 0. The van der Waals surface area contributed by atoms with Crippen LogP contribution < -0.4 is 63.8 Å². The van der Waals surface area contributed by atoms with Crippen LogP contribution in [0.1, 0.15) is 308 Å². The molecule has 0 aromatic carbocycles. The van der Waals surface area contributed by atoms with Crippen molar-refractivity contribution in [1.82, 2.24) is 63.8 Å². The lowest BCUT2D eigenvalue weighted by molar-refractivity contribution is 0.0502. The van der Waals surface area contributed by atoms with E-state index in [4.69, 9.17) is 0 Å². The summed E-state index contributed by atoms with van der Waals surface area (Å²) in [5.74, 6) is 36.0. The summed E-state index contributed by atoms with van der Waals surface area (Å²) < 4.78 is 0. The molecule has 68 rings (SSSR count). The van der Waals surface area contributed by atoms with Gasteiger partial charge in [-0.25, -0.2) is 0 Å². The monoisotopic (exact) mass is 1870 g/mol. The van der Waals surface area contributed by atoms with Crippen molar-refractivity contribution in [2.45, 2.75) is 382 Å². The average molecular weight is 1880 g/mol. The molecule has 0 unspecified atom stereocenters. The molecule has 120 heavy (non-hydrogen) atoms. The van der Waals surface area contributed by atoms with Crippen LogP contribution in [0.2, 0.25) is 0 Å². The largest absolute Gasteiger partial charge is 0.286 e. The third-order valence-corrected chi connectivity index (χ3v) is 53.0. The van der Waals surface area contributed by atoms with Gasteiger partial charge in [0.15, 0.2) is 0 Å². The Morgan fingerprint density at radius 1 is 0.0917 bits per heavy atom. The van der Waals surface area contributed by atoms with Crippen molar-refractivity contribution in [3.8, 4) is 0 Å². The fourth-order valence-corrected chi connectivity index (χ4v) is 46.0. The van der Waals surface area contributed by atoms with Gasteiger partial charge in [-0.15, -0.1) is 0 Å². The molecule has 684 valence electrons. The summed E-state index contributed by atoms with van der Waals surface area (Å²) in [6.45, 7) is 0. The van der Waals surface area contributed by atoms with Crippen molar-refractivity contribution < 1.29 is 0 Å². The van der Waals surface area contributed by atoms with Gasteiger partial charge >= 0.3 is 0 Å². The van der Waals surface area contributed by atoms with E-state index in [1.54, 1.807) is 0 Å². The van der Waals surface area contributed by atoms with E-state index < -0.39 is 0 Å². The van der Waals surface area contributed by atoms with E-state index in [-0.39, 0.29) is 0 Å². The lowest BCUT2D eigenvalue weighted by Gasteiger charge is -2.49. The molecule has 12 aliphatic carbocycles. The molecule has 24 heteroatoms.